The maximum Gasteiger partial charge on any atom is 0.331 e. The second-order valence-corrected chi connectivity index (χ2v) is 3.96. The Bertz CT molecular complexity index is 741. The Balaban J connectivity index is 2.37. The summed E-state index contributed by atoms with van der Waals surface area (Å²) in [5.41, 5.74) is 2.20. The standard InChI is InChI=1S/C14H12N2O2/c1-18-12-9-5-8-11-13(12)15-14(17)16(11)10-6-3-2-4-7-10/h2-9H,1H3,(H,15,17). The molecule has 0 aliphatic rings. The van der Waals surface area contributed by atoms with Crippen molar-refractivity contribution in [3.05, 3.63) is 59.0 Å². The zero-order valence-electron chi connectivity index (χ0n) is 9.88. The van der Waals surface area contributed by atoms with Crippen LogP contribution in [0, 0.1) is 0 Å². The van der Waals surface area contributed by atoms with Gasteiger partial charge in [-0.2, -0.15) is 0 Å². The van der Waals surface area contributed by atoms with Gasteiger partial charge in [-0.3, -0.25) is 4.57 Å². The molecule has 18 heavy (non-hydrogen) atoms. The van der Waals surface area contributed by atoms with E-state index in [9.17, 15) is 4.79 Å². The van der Waals surface area contributed by atoms with Gasteiger partial charge >= 0.3 is 5.69 Å². The number of ether oxygens (including phenoxy) is 1. The summed E-state index contributed by atoms with van der Waals surface area (Å²) in [4.78, 5) is 14.9. The zero-order chi connectivity index (χ0) is 12.5. The van der Waals surface area contributed by atoms with Gasteiger partial charge in [0.15, 0.2) is 0 Å². The first-order valence-electron chi connectivity index (χ1n) is 5.64. The third-order valence-corrected chi connectivity index (χ3v) is 2.91. The topological polar surface area (TPSA) is 47.0 Å². The summed E-state index contributed by atoms with van der Waals surface area (Å²) in [7, 11) is 1.59. The minimum absolute atomic E-state index is 0.166. The second-order valence-electron chi connectivity index (χ2n) is 3.96. The SMILES string of the molecule is COc1cccc2c1[nH]c(=O)n2-c1ccccc1. The normalized spacial score (nSPS) is 10.7. The van der Waals surface area contributed by atoms with Gasteiger partial charge in [-0.05, 0) is 24.3 Å². The molecule has 4 nitrogen and oxygen atoms in total. The number of benzene rings is 2. The number of methoxy groups -OCH3 is 1. The van der Waals surface area contributed by atoms with Crippen LogP contribution in [0.4, 0.5) is 0 Å². The highest BCUT2D eigenvalue weighted by atomic mass is 16.5. The summed E-state index contributed by atoms with van der Waals surface area (Å²) >= 11 is 0. The van der Waals surface area contributed by atoms with E-state index in [4.69, 9.17) is 4.74 Å². The number of hydrogen-bond donors (Lipinski definition) is 1. The number of imidazole rings is 1. The second kappa shape index (κ2) is 4.07. The van der Waals surface area contributed by atoms with E-state index in [2.05, 4.69) is 4.98 Å². The molecular weight excluding hydrogens is 228 g/mol. The predicted octanol–water partition coefficient (Wildman–Crippen LogP) is 2.33. The highest BCUT2D eigenvalue weighted by Crippen LogP contribution is 2.23. The molecule has 0 bridgehead atoms. The number of aromatic nitrogens is 2. The Labute approximate surface area is 103 Å². The molecule has 0 spiro atoms. The molecule has 0 aliphatic heterocycles. The summed E-state index contributed by atoms with van der Waals surface area (Å²) in [6.07, 6.45) is 0. The number of nitrogens with zero attached hydrogens (tertiary/aromatic N) is 1. The number of hydrogen-bond acceptors (Lipinski definition) is 2. The monoisotopic (exact) mass is 240 g/mol. The van der Waals surface area contributed by atoms with Gasteiger partial charge in [0.05, 0.1) is 18.3 Å². The van der Waals surface area contributed by atoms with E-state index in [-0.39, 0.29) is 5.69 Å². The van der Waals surface area contributed by atoms with Crippen molar-refractivity contribution in [1.29, 1.82) is 0 Å². The lowest BCUT2D eigenvalue weighted by molar-refractivity contribution is 0.419. The van der Waals surface area contributed by atoms with Gasteiger partial charge < -0.3 is 9.72 Å². The molecule has 4 heteroatoms. The van der Waals surface area contributed by atoms with Gasteiger partial charge in [0, 0.05) is 0 Å². The third kappa shape index (κ3) is 1.50. The number of rotatable bonds is 2. The molecule has 0 atom stereocenters. The van der Waals surface area contributed by atoms with Gasteiger partial charge in [0.2, 0.25) is 0 Å². The first kappa shape index (κ1) is 10.7. The molecule has 3 rings (SSSR count). The first-order chi connectivity index (χ1) is 8.81. The van der Waals surface area contributed by atoms with Crippen molar-refractivity contribution in [2.45, 2.75) is 0 Å². The van der Waals surface area contributed by atoms with Crippen LogP contribution < -0.4 is 10.4 Å². The first-order valence-corrected chi connectivity index (χ1v) is 5.64. The van der Waals surface area contributed by atoms with Crippen LogP contribution >= 0.6 is 0 Å². The predicted molar refractivity (Wildman–Crippen MR) is 70.4 cm³/mol. The van der Waals surface area contributed by atoms with Crippen molar-refractivity contribution in [1.82, 2.24) is 9.55 Å². The molecule has 1 aromatic heterocycles. The summed E-state index contributed by atoms with van der Waals surface area (Å²) in [5.74, 6) is 0.666. The molecular formula is C14H12N2O2. The Morgan fingerprint density at radius 3 is 2.56 bits per heavy atom. The molecule has 1 heterocycles. The van der Waals surface area contributed by atoms with E-state index >= 15 is 0 Å². The summed E-state index contributed by atoms with van der Waals surface area (Å²) < 4.78 is 6.88. The smallest absolute Gasteiger partial charge is 0.331 e. The van der Waals surface area contributed by atoms with E-state index in [0.717, 1.165) is 11.2 Å². The molecule has 0 amide bonds. The van der Waals surface area contributed by atoms with Crippen LogP contribution in [0.2, 0.25) is 0 Å². The lowest BCUT2D eigenvalue weighted by Crippen LogP contribution is -2.14. The number of nitrogens with one attached hydrogen (secondary N) is 1. The number of aromatic amines is 1. The van der Waals surface area contributed by atoms with Crippen molar-refractivity contribution in [3.63, 3.8) is 0 Å². The van der Waals surface area contributed by atoms with Crippen LogP contribution in [0.5, 0.6) is 5.75 Å². The van der Waals surface area contributed by atoms with Crippen LogP contribution in [-0.2, 0) is 0 Å². The average Bonchev–Trinajstić information content (AvgIpc) is 2.75. The third-order valence-electron chi connectivity index (χ3n) is 2.91. The van der Waals surface area contributed by atoms with Gasteiger partial charge in [0.1, 0.15) is 11.3 Å². The minimum Gasteiger partial charge on any atom is -0.494 e. The van der Waals surface area contributed by atoms with Crippen LogP contribution in [0.1, 0.15) is 0 Å². The fraction of sp³-hybridized carbons (Fsp3) is 0.0714. The van der Waals surface area contributed by atoms with Crippen molar-refractivity contribution in [3.8, 4) is 11.4 Å². The Kier molecular flexibility index (Phi) is 2.41. The highest BCUT2D eigenvalue weighted by molar-refractivity contribution is 5.83. The quantitative estimate of drug-likeness (QED) is 0.747. The summed E-state index contributed by atoms with van der Waals surface area (Å²) in [5, 5.41) is 0. The van der Waals surface area contributed by atoms with E-state index in [0.29, 0.717) is 11.3 Å². The summed E-state index contributed by atoms with van der Waals surface area (Å²) in [6, 6.07) is 15.1. The molecule has 0 fully saturated rings. The molecule has 0 aliphatic carbocycles. The maximum atomic E-state index is 12.1. The van der Waals surface area contributed by atoms with Gasteiger partial charge in [-0.25, -0.2) is 4.79 Å². The fourth-order valence-electron chi connectivity index (χ4n) is 2.11. The number of fused-ring (bicyclic) bond motifs is 1. The van der Waals surface area contributed by atoms with Gasteiger partial charge in [0.25, 0.3) is 0 Å². The van der Waals surface area contributed by atoms with Crippen molar-refractivity contribution in [2.75, 3.05) is 7.11 Å². The molecule has 0 saturated carbocycles. The number of para-hydroxylation sites is 2. The zero-order valence-corrected chi connectivity index (χ0v) is 9.88. The van der Waals surface area contributed by atoms with E-state index < -0.39 is 0 Å². The molecule has 90 valence electrons. The van der Waals surface area contributed by atoms with Crippen LogP contribution in [0.3, 0.4) is 0 Å². The Hall–Kier alpha value is -2.49. The molecule has 0 unspecified atom stereocenters. The Morgan fingerprint density at radius 1 is 1.06 bits per heavy atom. The lowest BCUT2D eigenvalue weighted by atomic mass is 10.2. The molecule has 1 N–H and O–H groups in total. The van der Waals surface area contributed by atoms with E-state index in [1.807, 2.05) is 48.5 Å². The largest absolute Gasteiger partial charge is 0.494 e. The van der Waals surface area contributed by atoms with E-state index in [1.165, 1.54) is 0 Å². The minimum atomic E-state index is -0.166. The molecule has 3 aromatic rings. The maximum absolute atomic E-state index is 12.1. The van der Waals surface area contributed by atoms with Crippen LogP contribution in [0.25, 0.3) is 16.7 Å². The highest BCUT2D eigenvalue weighted by Gasteiger charge is 2.11. The van der Waals surface area contributed by atoms with Crippen LogP contribution in [-0.4, -0.2) is 16.7 Å². The van der Waals surface area contributed by atoms with Crippen molar-refractivity contribution < 1.29 is 4.74 Å². The number of H-pyrrole nitrogens is 1. The molecule has 2 aromatic carbocycles. The Morgan fingerprint density at radius 2 is 1.83 bits per heavy atom. The molecule has 0 radical (unpaired) electrons. The van der Waals surface area contributed by atoms with E-state index in [1.54, 1.807) is 11.7 Å². The fourth-order valence-corrected chi connectivity index (χ4v) is 2.11. The van der Waals surface area contributed by atoms with Crippen LogP contribution in [0.15, 0.2) is 53.3 Å². The van der Waals surface area contributed by atoms with Crippen molar-refractivity contribution >= 4 is 11.0 Å². The average molecular weight is 240 g/mol. The summed E-state index contributed by atoms with van der Waals surface area (Å²) in [6.45, 7) is 0. The van der Waals surface area contributed by atoms with Crippen molar-refractivity contribution in [2.24, 2.45) is 0 Å². The molecule has 0 saturated heterocycles. The van der Waals surface area contributed by atoms with Gasteiger partial charge in [-0.15, -0.1) is 0 Å². The lowest BCUT2D eigenvalue weighted by Gasteiger charge is -2.04. The van der Waals surface area contributed by atoms with Gasteiger partial charge in [-0.1, -0.05) is 24.3 Å².